The van der Waals surface area contributed by atoms with Gasteiger partial charge in [-0.1, -0.05) is 23.7 Å². The minimum absolute atomic E-state index is 0.165. The van der Waals surface area contributed by atoms with Gasteiger partial charge in [-0.05, 0) is 17.7 Å². The van der Waals surface area contributed by atoms with E-state index in [9.17, 15) is 9.59 Å². The van der Waals surface area contributed by atoms with Gasteiger partial charge < -0.3 is 16.8 Å². The molecule has 5 N–H and O–H groups in total. The lowest BCUT2D eigenvalue weighted by Crippen LogP contribution is -2.42. The lowest BCUT2D eigenvalue weighted by Gasteiger charge is -2.10. The Labute approximate surface area is 104 Å². The number of carbonyl (C=O) groups excluding carboxylic acids is 2. The summed E-state index contributed by atoms with van der Waals surface area (Å²) < 4.78 is 0. The van der Waals surface area contributed by atoms with Gasteiger partial charge in [0.05, 0.1) is 12.5 Å². The van der Waals surface area contributed by atoms with Crippen molar-refractivity contribution in [1.29, 1.82) is 0 Å². The first kappa shape index (κ1) is 13.5. The number of halogens is 1. The van der Waals surface area contributed by atoms with E-state index in [1.807, 2.05) is 6.07 Å². The predicted molar refractivity (Wildman–Crippen MR) is 65.1 cm³/mol. The number of amides is 2. The van der Waals surface area contributed by atoms with E-state index >= 15 is 0 Å². The minimum atomic E-state index is -0.910. The number of nitrogens with one attached hydrogen (secondary N) is 1. The van der Waals surface area contributed by atoms with E-state index in [-0.39, 0.29) is 6.42 Å². The Morgan fingerprint density at radius 3 is 2.71 bits per heavy atom. The number of nitrogens with two attached hydrogens (primary N) is 2. The number of benzene rings is 1. The third kappa shape index (κ3) is 4.84. The molecule has 92 valence electrons. The highest BCUT2D eigenvalue weighted by molar-refractivity contribution is 6.30. The second-order valence-corrected chi connectivity index (χ2v) is 4.06. The summed E-state index contributed by atoms with van der Waals surface area (Å²) >= 11 is 5.79. The fourth-order valence-electron chi connectivity index (χ4n) is 1.28. The number of hydrogen-bond donors (Lipinski definition) is 3. The lowest BCUT2D eigenvalue weighted by molar-refractivity contribution is -0.126. The molecule has 6 heteroatoms. The van der Waals surface area contributed by atoms with Crippen LogP contribution in [0.15, 0.2) is 24.3 Å². The molecule has 0 fully saturated rings. The SMILES string of the molecule is NC(=O)C[C@H](N)C(=O)NCc1cccc(Cl)c1. The highest BCUT2D eigenvalue weighted by atomic mass is 35.5. The number of rotatable bonds is 5. The van der Waals surface area contributed by atoms with Crippen LogP contribution in [-0.2, 0) is 16.1 Å². The summed E-state index contributed by atoms with van der Waals surface area (Å²) in [5.41, 5.74) is 11.3. The Hall–Kier alpha value is -1.59. The van der Waals surface area contributed by atoms with Gasteiger partial charge >= 0.3 is 0 Å². The third-order valence-corrected chi connectivity index (χ3v) is 2.35. The Morgan fingerprint density at radius 1 is 1.41 bits per heavy atom. The minimum Gasteiger partial charge on any atom is -0.370 e. The smallest absolute Gasteiger partial charge is 0.237 e. The molecule has 2 amide bonds. The van der Waals surface area contributed by atoms with Crippen LogP contribution in [0.5, 0.6) is 0 Å². The molecule has 1 atom stereocenters. The van der Waals surface area contributed by atoms with Crippen LogP contribution in [0.1, 0.15) is 12.0 Å². The molecule has 0 unspecified atom stereocenters. The molecule has 0 radical (unpaired) electrons. The summed E-state index contributed by atoms with van der Waals surface area (Å²) in [6.45, 7) is 0.311. The molecule has 0 aliphatic carbocycles. The van der Waals surface area contributed by atoms with E-state index in [4.69, 9.17) is 23.1 Å². The second-order valence-electron chi connectivity index (χ2n) is 3.62. The molecule has 0 bridgehead atoms. The van der Waals surface area contributed by atoms with Crippen molar-refractivity contribution >= 4 is 23.4 Å². The van der Waals surface area contributed by atoms with Gasteiger partial charge in [0.15, 0.2) is 0 Å². The van der Waals surface area contributed by atoms with Crippen LogP contribution in [0.2, 0.25) is 5.02 Å². The average molecular weight is 256 g/mol. The van der Waals surface area contributed by atoms with E-state index in [2.05, 4.69) is 5.32 Å². The van der Waals surface area contributed by atoms with Crippen molar-refractivity contribution in [3.8, 4) is 0 Å². The first-order valence-electron chi connectivity index (χ1n) is 5.05. The summed E-state index contributed by atoms with van der Waals surface area (Å²) in [5.74, 6) is -1.01. The van der Waals surface area contributed by atoms with E-state index in [0.717, 1.165) is 5.56 Å². The monoisotopic (exact) mass is 255 g/mol. The van der Waals surface area contributed by atoms with Crippen molar-refractivity contribution in [2.45, 2.75) is 19.0 Å². The molecule has 0 aliphatic rings. The van der Waals surface area contributed by atoms with Gasteiger partial charge in [0.1, 0.15) is 0 Å². The molecule has 0 heterocycles. The molecular weight excluding hydrogens is 242 g/mol. The zero-order valence-corrected chi connectivity index (χ0v) is 9.91. The molecule has 0 aromatic heterocycles. The molecule has 0 saturated carbocycles. The quantitative estimate of drug-likeness (QED) is 0.699. The molecule has 5 nitrogen and oxygen atoms in total. The fraction of sp³-hybridized carbons (Fsp3) is 0.273. The molecule has 17 heavy (non-hydrogen) atoms. The van der Waals surface area contributed by atoms with E-state index < -0.39 is 17.9 Å². The first-order chi connectivity index (χ1) is 7.99. The van der Waals surface area contributed by atoms with Crippen molar-refractivity contribution in [2.75, 3.05) is 0 Å². The Kier molecular flexibility index (Phi) is 4.93. The van der Waals surface area contributed by atoms with Gasteiger partial charge in [0.25, 0.3) is 0 Å². The molecule has 1 aromatic rings. The zero-order valence-electron chi connectivity index (χ0n) is 9.15. The van der Waals surface area contributed by atoms with Crippen LogP contribution in [0, 0.1) is 0 Å². The molecular formula is C11H14ClN3O2. The standard InChI is InChI=1S/C11H14ClN3O2/c12-8-3-1-2-7(4-8)6-15-11(17)9(13)5-10(14)16/h1-4,9H,5-6,13H2,(H2,14,16)(H,15,17)/t9-/m0/s1. The van der Waals surface area contributed by atoms with E-state index in [1.165, 1.54) is 0 Å². The maximum atomic E-state index is 11.5. The topological polar surface area (TPSA) is 98.2 Å². The van der Waals surface area contributed by atoms with Crippen LogP contribution < -0.4 is 16.8 Å². The lowest BCUT2D eigenvalue weighted by atomic mass is 10.2. The number of carbonyl (C=O) groups is 2. The van der Waals surface area contributed by atoms with E-state index in [1.54, 1.807) is 18.2 Å². The Morgan fingerprint density at radius 2 is 2.12 bits per heavy atom. The molecule has 0 saturated heterocycles. The Bertz CT molecular complexity index is 423. The molecule has 0 spiro atoms. The number of primary amides is 1. The zero-order chi connectivity index (χ0) is 12.8. The van der Waals surface area contributed by atoms with Crippen LogP contribution >= 0.6 is 11.6 Å². The van der Waals surface area contributed by atoms with Crippen molar-refractivity contribution in [3.63, 3.8) is 0 Å². The van der Waals surface area contributed by atoms with Gasteiger partial charge in [-0.3, -0.25) is 9.59 Å². The summed E-state index contributed by atoms with van der Waals surface area (Å²) in [7, 11) is 0. The van der Waals surface area contributed by atoms with Crippen molar-refractivity contribution in [1.82, 2.24) is 5.32 Å². The third-order valence-electron chi connectivity index (χ3n) is 2.11. The van der Waals surface area contributed by atoms with Crippen molar-refractivity contribution < 1.29 is 9.59 Å². The highest BCUT2D eigenvalue weighted by Crippen LogP contribution is 2.10. The van der Waals surface area contributed by atoms with Gasteiger partial charge in [-0.25, -0.2) is 0 Å². The van der Waals surface area contributed by atoms with Gasteiger partial charge in [-0.15, -0.1) is 0 Å². The largest absolute Gasteiger partial charge is 0.370 e. The molecule has 0 aliphatic heterocycles. The Balaban J connectivity index is 2.45. The maximum absolute atomic E-state index is 11.5. The maximum Gasteiger partial charge on any atom is 0.237 e. The van der Waals surface area contributed by atoms with Gasteiger partial charge in [0, 0.05) is 11.6 Å². The summed E-state index contributed by atoms with van der Waals surface area (Å²) in [5, 5.41) is 3.20. The van der Waals surface area contributed by atoms with Crippen molar-refractivity contribution in [2.24, 2.45) is 11.5 Å². The average Bonchev–Trinajstić information content (AvgIpc) is 2.25. The molecule has 1 rings (SSSR count). The van der Waals surface area contributed by atoms with Gasteiger partial charge in [0.2, 0.25) is 11.8 Å². The fourth-order valence-corrected chi connectivity index (χ4v) is 1.49. The van der Waals surface area contributed by atoms with Crippen LogP contribution in [0.25, 0.3) is 0 Å². The second kappa shape index (κ2) is 6.22. The van der Waals surface area contributed by atoms with Gasteiger partial charge in [-0.2, -0.15) is 0 Å². The van der Waals surface area contributed by atoms with E-state index in [0.29, 0.717) is 11.6 Å². The van der Waals surface area contributed by atoms with Crippen LogP contribution in [0.4, 0.5) is 0 Å². The number of hydrogen-bond acceptors (Lipinski definition) is 3. The first-order valence-corrected chi connectivity index (χ1v) is 5.43. The summed E-state index contributed by atoms with van der Waals surface area (Å²) in [6, 6.07) is 6.18. The normalized spacial score (nSPS) is 11.9. The summed E-state index contributed by atoms with van der Waals surface area (Å²) in [4.78, 5) is 22.0. The molecule has 1 aromatic carbocycles. The van der Waals surface area contributed by atoms with Crippen molar-refractivity contribution in [3.05, 3.63) is 34.9 Å². The van der Waals surface area contributed by atoms with Crippen LogP contribution in [-0.4, -0.2) is 17.9 Å². The van der Waals surface area contributed by atoms with Crippen LogP contribution in [0.3, 0.4) is 0 Å². The predicted octanol–water partition coefficient (Wildman–Crippen LogP) is 0.159. The highest BCUT2D eigenvalue weighted by Gasteiger charge is 2.15. The summed E-state index contributed by atoms with van der Waals surface area (Å²) in [6.07, 6.45) is -0.165.